The number of halogens is 2. The highest BCUT2D eigenvalue weighted by atomic mass is 35.5. The molecule has 1 heterocycles. The van der Waals surface area contributed by atoms with Crippen LogP contribution in [0.5, 0.6) is 0 Å². The molecule has 0 amide bonds. The minimum absolute atomic E-state index is 0.0677. The lowest BCUT2D eigenvalue weighted by Crippen LogP contribution is -1.94. The summed E-state index contributed by atoms with van der Waals surface area (Å²) < 4.78 is 5.84. The largest absolute Gasteiger partial charge is 0.457 e. The van der Waals surface area contributed by atoms with Crippen molar-refractivity contribution in [1.29, 1.82) is 0 Å². The molecule has 118 valence electrons. The molecule has 0 spiro atoms. The summed E-state index contributed by atoms with van der Waals surface area (Å²) in [6.45, 7) is 0. The summed E-state index contributed by atoms with van der Waals surface area (Å²) in [5, 5.41) is 0.982. The van der Waals surface area contributed by atoms with E-state index in [1.807, 2.05) is 48.5 Å². The first-order chi connectivity index (χ1) is 11.6. The molecule has 24 heavy (non-hydrogen) atoms. The van der Waals surface area contributed by atoms with Crippen LogP contribution in [0.15, 0.2) is 64.6 Å². The van der Waals surface area contributed by atoms with Gasteiger partial charge >= 0.3 is 0 Å². The quantitative estimate of drug-likeness (QED) is 0.522. The zero-order chi connectivity index (χ0) is 16.7. The van der Waals surface area contributed by atoms with Crippen molar-refractivity contribution in [3.8, 4) is 11.3 Å². The van der Waals surface area contributed by atoms with E-state index >= 15 is 0 Å². The molecule has 0 saturated heterocycles. The molecule has 0 saturated carbocycles. The van der Waals surface area contributed by atoms with Crippen LogP contribution in [0.4, 0.5) is 0 Å². The third kappa shape index (κ3) is 2.68. The van der Waals surface area contributed by atoms with E-state index in [1.165, 1.54) is 0 Å². The van der Waals surface area contributed by atoms with Crippen LogP contribution in [0.1, 0.15) is 21.7 Å². The Morgan fingerprint density at radius 2 is 1.79 bits per heavy atom. The van der Waals surface area contributed by atoms with Crippen LogP contribution in [0.3, 0.4) is 0 Å². The molecule has 0 unspecified atom stereocenters. The van der Waals surface area contributed by atoms with Gasteiger partial charge in [0, 0.05) is 23.1 Å². The van der Waals surface area contributed by atoms with Crippen molar-refractivity contribution in [1.82, 2.24) is 0 Å². The van der Waals surface area contributed by atoms with E-state index in [2.05, 4.69) is 0 Å². The van der Waals surface area contributed by atoms with Gasteiger partial charge in [0.1, 0.15) is 11.5 Å². The summed E-state index contributed by atoms with van der Waals surface area (Å²) >= 11 is 12.0. The number of rotatable bonds is 2. The topological polar surface area (TPSA) is 30.2 Å². The van der Waals surface area contributed by atoms with Crippen LogP contribution < -0.4 is 0 Å². The summed E-state index contributed by atoms with van der Waals surface area (Å²) in [4.78, 5) is 12.4. The summed E-state index contributed by atoms with van der Waals surface area (Å²) in [6, 6.07) is 16.7. The maximum absolute atomic E-state index is 12.4. The highest BCUT2D eigenvalue weighted by Crippen LogP contribution is 2.31. The van der Waals surface area contributed by atoms with Crippen LogP contribution in [-0.2, 0) is 6.42 Å². The molecule has 2 aromatic carbocycles. The first-order valence-electron chi connectivity index (χ1n) is 7.50. The van der Waals surface area contributed by atoms with Gasteiger partial charge < -0.3 is 4.42 Å². The molecule has 0 atom stereocenters. The predicted octanol–water partition coefficient (Wildman–Crippen LogP) is 6.08. The monoisotopic (exact) mass is 354 g/mol. The Labute approximate surface area is 149 Å². The number of fused-ring (bicyclic) bond motifs is 1. The summed E-state index contributed by atoms with van der Waals surface area (Å²) in [5.74, 6) is 1.40. The Hall–Kier alpha value is -2.29. The molecule has 1 aliphatic carbocycles. The molecule has 3 aromatic rings. The van der Waals surface area contributed by atoms with Crippen molar-refractivity contribution in [3.63, 3.8) is 0 Å². The first kappa shape index (κ1) is 15.3. The van der Waals surface area contributed by atoms with Gasteiger partial charge in [-0.15, -0.1) is 0 Å². The van der Waals surface area contributed by atoms with Gasteiger partial charge in [-0.25, -0.2) is 0 Å². The zero-order valence-corrected chi connectivity index (χ0v) is 14.1. The normalized spacial score (nSPS) is 15.1. The smallest absolute Gasteiger partial charge is 0.189 e. The maximum Gasteiger partial charge on any atom is 0.189 e. The number of carbonyl (C=O) groups is 1. The number of allylic oxidation sites excluding steroid dienone is 1. The second kappa shape index (κ2) is 5.97. The van der Waals surface area contributed by atoms with E-state index in [1.54, 1.807) is 12.1 Å². The van der Waals surface area contributed by atoms with Gasteiger partial charge in [0.2, 0.25) is 0 Å². The van der Waals surface area contributed by atoms with E-state index in [9.17, 15) is 4.79 Å². The third-order valence-electron chi connectivity index (χ3n) is 4.08. The van der Waals surface area contributed by atoms with Gasteiger partial charge in [0.25, 0.3) is 0 Å². The van der Waals surface area contributed by atoms with Gasteiger partial charge in [-0.2, -0.15) is 0 Å². The van der Waals surface area contributed by atoms with Gasteiger partial charge in [-0.3, -0.25) is 4.79 Å². The zero-order valence-electron chi connectivity index (χ0n) is 12.6. The van der Waals surface area contributed by atoms with E-state index in [4.69, 9.17) is 27.6 Å². The molecule has 0 N–H and O–H groups in total. The van der Waals surface area contributed by atoms with Crippen LogP contribution in [0, 0.1) is 0 Å². The van der Waals surface area contributed by atoms with Crippen LogP contribution in [-0.4, -0.2) is 5.78 Å². The molecular weight excluding hydrogens is 343 g/mol. The van der Waals surface area contributed by atoms with Gasteiger partial charge in [0.05, 0.1) is 10.0 Å². The van der Waals surface area contributed by atoms with Gasteiger partial charge in [-0.1, -0.05) is 47.5 Å². The molecule has 0 bridgehead atoms. The maximum atomic E-state index is 12.4. The molecule has 4 rings (SSSR count). The number of benzene rings is 2. The standard InChI is InChI=1S/C20H12Cl2O2/c21-17-7-5-13(11-18(17)22)19-8-6-15(24-19)10-14-9-12-3-1-2-4-16(12)20(14)23/h1-8,10-11H,9H2. The Morgan fingerprint density at radius 3 is 2.58 bits per heavy atom. The molecule has 0 radical (unpaired) electrons. The lowest BCUT2D eigenvalue weighted by molar-refractivity contribution is 0.104. The molecule has 4 heteroatoms. The molecule has 2 nitrogen and oxygen atoms in total. The first-order valence-corrected chi connectivity index (χ1v) is 8.26. The molecule has 0 aliphatic heterocycles. The summed E-state index contributed by atoms with van der Waals surface area (Å²) in [5.41, 5.74) is 3.42. The van der Waals surface area contributed by atoms with E-state index < -0.39 is 0 Å². The molecular formula is C20H12Cl2O2. The average Bonchev–Trinajstić information content (AvgIpc) is 3.16. The lowest BCUT2D eigenvalue weighted by atomic mass is 10.1. The average molecular weight is 355 g/mol. The number of furan rings is 1. The molecule has 1 aliphatic rings. The van der Waals surface area contributed by atoms with Crippen molar-refractivity contribution in [2.24, 2.45) is 0 Å². The van der Waals surface area contributed by atoms with Crippen molar-refractivity contribution in [2.75, 3.05) is 0 Å². The van der Waals surface area contributed by atoms with Gasteiger partial charge in [0.15, 0.2) is 5.78 Å². The number of hydrogen-bond acceptors (Lipinski definition) is 2. The third-order valence-corrected chi connectivity index (χ3v) is 4.82. The van der Waals surface area contributed by atoms with E-state index in [0.29, 0.717) is 28.0 Å². The highest BCUT2D eigenvalue weighted by Gasteiger charge is 2.24. The van der Waals surface area contributed by atoms with Crippen LogP contribution in [0.2, 0.25) is 10.0 Å². The second-order valence-corrected chi connectivity index (χ2v) is 6.48. The van der Waals surface area contributed by atoms with Crippen LogP contribution in [0.25, 0.3) is 17.4 Å². The molecule has 0 fully saturated rings. The van der Waals surface area contributed by atoms with Crippen molar-refractivity contribution < 1.29 is 9.21 Å². The fourth-order valence-corrected chi connectivity index (χ4v) is 3.18. The second-order valence-electron chi connectivity index (χ2n) is 5.66. The Morgan fingerprint density at radius 1 is 0.958 bits per heavy atom. The number of carbonyl (C=O) groups excluding carboxylic acids is 1. The minimum atomic E-state index is 0.0677. The predicted molar refractivity (Wildman–Crippen MR) is 96.6 cm³/mol. The van der Waals surface area contributed by atoms with Crippen LogP contribution >= 0.6 is 23.2 Å². The Balaban J connectivity index is 1.64. The number of Topliss-reactive ketones (excluding diaryl/α,β-unsaturated/α-hetero) is 1. The van der Waals surface area contributed by atoms with Crippen molar-refractivity contribution in [2.45, 2.75) is 6.42 Å². The van der Waals surface area contributed by atoms with E-state index in [0.717, 1.165) is 22.3 Å². The summed E-state index contributed by atoms with van der Waals surface area (Å²) in [6.07, 6.45) is 2.45. The van der Waals surface area contributed by atoms with Crippen molar-refractivity contribution >= 4 is 35.1 Å². The van der Waals surface area contributed by atoms with Gasteiger partial charge in [-0.05, 0) is 42.0 Å². The van der Waals surface area contributed by atoms with Crippen molar-refractivity contribution in [3.05, 3.63) is 87.1 Å². The minimum Gasteiger partial charge on any atom is -0.457 e. The Bertz CT molecular complexity index is 983. The fraction of sp³-hybridized carbons (Fsp3) is 0.0500. The SMILES string of the molecule is O=C1C(=Cc2ccc(-c3ccc(Cl)c(Cl)c3)o2)Cc2ccccc21. The lowest BCUT2D eigenvalue weighted by Gasteiger charge is -1.99. The molecule has 1 aromatic heterocycles. The fourth-order valence-electron chi connectivity index (χ4n) is 2.88. The number of hydrogen-bond donors (Lipinski definition) is 0. The van der Waals surface area contributed by atoms with E-state index in [-0.39, 0.29) is 5.78 Å². The highest BCUT2D eigenvalue weighted by molar-refractivity contribution is 6.42. The number of ketones is 1. The summed E-state index contributed by atoms with van der Waals surface area (Å²) in [7, 11) is 0. The Kier molecular flexibility index (Phi) is 3.79.